The number of benzene rings is 2. The van der Waals surface area contributed by atoms with Crippen LogP contribution in [0.2, 0.25) is 0 Å². The first-order valence-electron chi connectivity index (χ1n) is 9.92. The molecule has 0 unspecified atom stereocenters. The summed E-state index contributed by atoms with van der Waals surface area (Å²) in [6, 6.07) is 17.8. The molecule has 0 aliphatic carbocycles. The number of carbonyl (C=O) groups excluding carboxylic acids is 2. The quantitative estimate of drug-likeness (QED) is 0.399. The molecule has 8 nitrogen and oxygen atoms in total. The van der Waals surface area contributed by atoms with E-state index in [0.717, 1.165) is 11.4 Å². The van der Waals surface area contributed by atoms with Crippen LogP contribution in [0.1, 0.15) is 32.2 Å². The Bertz CT molecular complexity index is 1470. The number of fused-ring (bicyclic) bond motifs is 1. The summed E-state index contributed by atoms with van der Waals surface area (Å²) in [6.45, 7) is 1.83. The van der Waals surface area contributed by atoms with E-state index in [-0.39, 0.29) is 5.56 Å². The monoisotopic (exact) mass is 426 g/mol. The number of hydrogen-bond donors (Lipinski definition) is 1. The topological polar surface area (TPSA) is 98.6 Å². The molecule has 8 heteroatoms. The molecule has 2 aromatic carbocycles. The summed E-state index contributed by atoms with van der Waals surface area (Å²) in [5.41, 5.74) is 2.90. The van der Waals surface area contributed by atoms with E-state index in [1.165, 1.54) is 6.21 Å². The number of hydrogen-bond acceptors (Lipinski definition) is 5. The molecule has 5 rings (SSSR count). The van der Waals surface area contributed by atoms with Gasteiger partial charge in [0.25, 0.3) is 17.4 Å². The van der Waals surface area contributed by atoms with E-state index >= 15 is 0 Å². The van der Waals surface area contributed by atoms with Gasteiger partial charge in [0, 0.05) is 12.6 Å². The number of para-hydroxylation sites is 1. The fraction of sp³-hybridized carbons (Fsp3) is 0.0833. The minimum absolute atomic E-state index is 0.228. The van der Waals surface area contributed by atoms with E-state index in [2.05, 4.69) is 10.3 Å². The molecule has 0 radical (unpaired) electrons. The number of nitrogens with zero attached hydrogens (tertiary/aromatic N) is 3. The van der Waals surface area contributed by atoms with E-state index in [9.17, 15) is 14.4 Å². The minimum atomic E-state index is -0.422. The van der Waals surface area contributed by atoms with Gasteiger partial charge in [-0.2, -0.15) is 0 Å². The Morgan fingerprint density at radius 3 is 2.47 bits per heavy atom. The Kier molecular flexibility index (Phi) is 4.48. The highest BCUT2D eigenvalue weighted by Gasteiger charge is 2.27. The number of imide groups is 1. The van der Waals surface area contributed by atoms with Gasteiger partial charge < -0.3 is 4.42 Å². The van der Waals surface area contributed by atoms with Crippen molar-refractivity contribution >= 4 is 23.7 Å². The highest BCUT2D eigenvalue weighted by molar-refractivity contribution is 6.21. The van der Waals surface area contributed by atoms with Gasteiger partial charge in [-0.25, -0.2) is 9.67 Å². The Labute approximate surface area is 182 Å². The largest absolute Gasteiger partial charge is 0.455 e. The van der Waals surface area contributed by atoms with Crippen molar-refractivity contribution in [1.29, 1.82) is 0 Å². The van der Waals surface area contributed by atoms with Crippen LogP contribution in [0.3, 0.4) is 0 Å². The molecule has 0 saturated carbocycles. The molecule has 0 spiro atoms. The van der Waals surface area contributed by atoms with Crippen molar-refractivity contribution < 1.29 is 14.0 Å². The molecule has 0 saturated heterocycles. The lowest BCUT2D eigenvalue weighted by molar-refractivity contribution is 0.0879. The summed E-state index contributed by atoms with van der Waals surface area (Å²) in [7, 11) is 1.81. The van der Waals surface area contributed by atoms with Crippen molar-refractivity contribution in [3.63, 3.8) is 0 Å². The average molecular weight is 426 g/mol. The maximum absolute atomic E-state index is 13.0. The zero-order valence-electron chi connectivity index (χ0n) is 17.3. The van der Waals surface area contributed by atoms with E-state index in [1.54, 1.807) is 39.7 Å². The zero-order chi connectivity index (χ0) is 22.4. The van der Waals surface area contributed by atoms with Crippen molar-refractivity contribution in [1.82, 2.24) is 14.7 Å². The smallest absolute Gasteiger partial charge is 0.297 e. The molecule has 4 aromatic rings. The molecule has 2 amide bonds. The van der Waals surface area contributed by atoms with Crippen molar-refractivity contribution in [3.05, 3.63) is 93.6 Å². The SMILES string of the molecule is Cc1c(N=Cc2ccc(-c3ccc4c(c3)C(=O)NC4=O)o2)c(=O)n(-c2ccccc2)n1C. The summed E-state index contributed by atoms with van der Waals surface area (Å²) in [5, 5.41) is 2.27. The van der Waals surface area contributed by atoms with Crippen molar-refractivity contribution in [2.45, 2.75) is 6.92 Å². The predicted octanol–water partition coefficient (Wildman–Crippen LogP) is 3.38. The van der Waals surface area contributed by atoms with Crippen LogP contribution in [-0.4, -0.2) is 27.4 Å². The van der Waals surface area contributed by atoms with Gasteiger partial charge in [-0.3, -0.25) is 24.4 Å². The van der Waals surface area contributed by atoms with Crippen LogP contribution in [0.15, 0.2) is 74.9 Å². The third-order valence-electron chi connectivity index (χ3n) is 5.49. The van der Waals surface area contributed by atoms with Gasteiger partial charge in [0.2, 0.25) is 0 Å². The van der Waals surface area contributed by atoms with E-state index in [1.807, 2.05) is 44.3 Å². The molecule has 32 heavy (non-hydrogen) atoms. The molecule has 1 N–H and O–H groups in total. The molecular formula is C24H18N4O4. The van der Waals surface area contributed by atoms with Gasteiger partial charge >= 0.3 is 0 Å². The Morgan fingerprint density at radius 1 is 0.938 bits per heavy atom. The number of nitrogens with one attached hydrogen (secondary N) is 1. The van der Waals surface area contributed by atoms with Crippen molar-refractivity contribution in [3.8, 4) is 17.0 Å². The summed E-state index contributed by atoms with van der Waals surface area (Å²) in [6.07, 6.45) is 1.49. The number of furan rings is 1. The summed E-state index contributed by atoms with van der Waals surface area (Å²) in [4.78, 5) is 41.0. The highest BCUT2D eigenvalue weighted by atomic mass is 16.3. The van der Waals surface area contributed by atoms with Crippen molar-refractivity contribution in [2.75, 3.05) is 0 Å². The summed E-state index contributed by atoms with van der Waals surface area (Å²) >= 11 is 0. The lowest BCUT2D eigenvalue weighted by Crippen LogP contribution is -2.19. The maximum Gasteiger partial charge on any atom is 0.297 e. The fourth-order valence-electron chi connectivity index (χ4n) is 3.73. The highest BCUT2D eigenvalue weighted by Crippen LogP contribution is 2.27. The second-order valence-corrected chi connectivity index (χ2v) is 7.41. The van der Waals surface area contributed by atoms with Gasteiger partial charge in [-0.15, -0.1) is 0 Å². The van der Waals surface area contributed by atoms with E-state index in [4.69, 9.17) is 4.42 Å². The molecule has 0 atom stereocenters. The number of aromatic nitrogens is 2. The van der Waals surface area contributed by atoms with Crippen molar-refractivity contribution in [2.24, 2.45) is 12.0 Å². The molecule has 0 bridgehead atoms. The lowest BCUT2D eigenvalue weighted by atomic mass is 10.0. The third kappa shape index (κ3) is 3.09. The molecule has 0 fully saturated rings. The van der Waals surface area contributed by atoms with E-state index in [0.29, 0.717) is 33.9 Å². The molecule has 2 aromatic heterocycles. The van der Waals surface area contributed by atoms with Crippen LogP contribution < -0.4 is 10.9 Å². The molecular weight excluding hydrogens is 408 g/mol. The standard InChI is InChI=1S/C24H18N4O4/c1-14-21(24(31)28(27(14)2)16-6-4-3-5-7-16)25-13-17-9-11-20(32-17)15-8-10-18-19(12-15)23(30)26-22(18)29/h3-13H,1-2H3,(H,26,29,30). The van der Waals surface area contributed by atoms with Crippen LogP contribution >= 0.6 is 0 Å². The first kappa shape index (κ1) is 19.5. The number of carbonyl (C=O) groups is 2. The Balaban J connectivity index is 1.46. The number of amides is 2. The van der Waals surface area contributed by atoms with Gasteiger partial charge in [0.05, 0.1) is 28.7 Å². The second kappa shape index (κ2) is 7.35. The number of rotatable bonds is 4. The predicted molar refractivity (Wildman–Crippen MR) is 119 cm³/mol. The zero-order valence-corrected chi connectivity index (χ0v) is 17.3. The average Bonchev–Trinajstić information content (AvgIpc) is 3.44. The lowest BCUT2D eigenvalue weighted by Gasteiger charge is -2.07. The van der Waals surface area contributed by atoms with Crippen LogP contribution in [0.25, 0.3) is 17.0 Å². The molecule has 1 aliphatic heterocycles. The summed E-state index contributed by atoms with van der Waals surface area (Å²) < 4.78 is 9.15. The first-order chi connectivity index (χ1) is 15.4. The number of aliphatic imine (C=N–C) groups is 1. The minimum Gasteiger partial charge on any atom is -0.455 e. The van der Waals surface area contributed by atoms with Gasteiger partial charge in [-0.05, 0) is 43.3 Å². The van der Waals surface area contributed by atoms with Crippen LogP contribution in [0, 0.1) is 6.92 Å². The normalized spacial score (nSPS) is 13.1. The second-order valence-electron chi connectivity index (χ2n) is 7.41. The van der Waals surface area contributed by atoms with Crippen LogP contribution in [0.5, 0.6) is 0 Å². The first-order valence-corrected chi connectivity index (χ1v) is 9.92. The van der Waals surface area contributed by atoms with Gasteiger partial charge in [0.1, 0.15) is 11.5 Å². The maximum atomic E-state index is 13.0. The van der Waals surface area contributed by atoms with Crippen LogP contribution in [-0.2, 0) is 7.05 Å². The van der Waals surface area contributed by atoms with E-state index < -0.39 is 11.8 Å². The fourth-order valence-corrected chi connectivity index (χ4v) is 3.73. The summed E-state index contributed by atoms with van der Waals surface area (Å²) in [5.74, 6) is 0.153. The third-order valence-corrected chi connectivity index (χ3v) is 5.49. The van der Waals surface area contributed by atoms with Gasteiger partial charge in [0.15, 0.2) is 5.69 Å². The van der Waals surface area contributed by atoms with Gasteiger partial charge in [-0.1, -0.05) is 24.3 Å². The molecule has 158 valence electrons. The molecule has 1 aliphatic rings. The Morgan fingerprint density at radius 2 is 1.69 bits per heavy atom. The van der Waals surface area contributed by atoms with Crippen LogP contribution in [0.4, 0.5) is 5.69 Å². The Hall–Kier alpha value is -4.46. The molecule has 3 heterocycles.